The van der Waals surface area contributed by atoms with Gasteiger partial charge in [0.25, 0.3) is 0 Å². The summed E-state index contributed by atoms with van der Waals surface area (Å²) in [4.78, 5) is 14.1. The van der Waals surface area contributed by atoms with E-state index in [1.165, 1.54) is 7.11 Å². The van der Waals surface area contributed by atoms with Gasteiger partial charge in [0.05, 0.1) is 12.7 Å². The quantitative estimate of drug-likeness (QED) is 0.706. The first-order valence-corrected chi connectivity index (χ1v) is 3.93. The fourth-order valence-corrected chi connectivity index (χ4v) is 0.864. The van der Waals surface area contributed by atoms with Crippen molar-refractivity contribution in [2.24, 2.45) is 0 Å². The summed E-state index contributed by atoms with van der Waals surface area (Å²) in [6.07, 6.45) is 1.40. The lowest BCUT2D eigenvalue weighted by Gasteiger charge is -1.98. The number of aromatic nitrogens is 1. The van der Waals surface area contributed by atoms with E-state index in [1.807, 2.05) is 0 Å². The third-order valence-electron chi connectivity index (χ3n) is 1.43. The van der Waals surface area contributed by atoms with E-state index in [-0.39, 0.29) is 6.42 Å². The lowest BCUT2D eigenvalue weighted by molar-refractivity contribution is -0.135. The zero-order valence-electron chi connectivity index (χ0n) is 7.65. The van der Waals surface area contributed by atoms with Crippen LogP contribution in [0.2, 0.25) is 0 Å². The number of carboxylic acid groups (broad SMARTS) is 1. The molecule has 0 spiro atoms. The second-order valence-corrected chi connectivity index (χ2v) is 2.43. The molecule has 14 heavy (non-hydrogen) atoms. The Morgan fingerprint density at radius 3 is 3.14 bits per heavy atom. The van der Waals surface area contributed by atoms with Crippen LogP contribution < -0.4 is 4.74 Å². The van der Waals surface area contributed by atoms with Crippen LogP contribution in [0.5, 0.6) is 5.88 Å². The molecule has 0 amide bonds. The fourth-order valence-electron chi connectivity index (χ4n) is 0.864. The molecule has 0 aliphatic carbocycles. The van der Waals surface area contributed by atoms with E-state index in [0.717, 1.165) is 0 Å². The Balaban J connectivity index is 2.83. The molecule has 1 N–H and O–H groups in total. The van der Waals surface area contributed by atoms with E-state index in [1.54, 1.807) is 18.3 Å². The van der Waals surface area contributed by atoms with Crippen molar-refractivity contribution < 1.29 is 14.6 Å². The maximum absolute atomic E-state index is 10.2. The van der Waals surface area contributed by atoms with Crippen LogP contribution in [0.3, 0.4) is 0 Å². The summed E-state index contributed by atoms with van der Waals surface area (Å²) in [6, 6.07) is 3.44. The minimum Gasteiger partial charge on any atom is -0.481 e. The first-order chi connectivity index (χ1) is 6.74. The van der Waals surface area contributed by atoms with Gasteiger partial charge in [-0.25, -0.2) is 4.98 Å². The van der Waals surface area contributed by atoms with Crippen molar-refractivity contribution in [3.05, 3.63) is 23.9 Å². The molecule has 0 bridgehead atoms. The number of ether oxygens (including phenoxy) is 1. The summed E-state index contributed by atoms with van der Waals surface area (Å²) >= 11 is 0. The highest BCUT2D eigenvalue weighted by Gasteiger charge is 1.98. The Labute approximate surface area is 81.5 Å². The molecule has 0 radical (unpaired) electrons. The van der Waals surface area contributed by atoms with Crippen molar-refractivity contribution in [3.8, 4) is 17.7 Å². The summed E-state index contributed by atoms with van der Waals surface area (Å²) in [7, 11) is 1.49. The highest BCUT2D eigenvalue weighted by Crippen LogP contribution is 2.11. The van der Waals surface area contributed by atoms with Crippen LogP contribution >= 0.6 is 0 Å². The zero-order chi connectivity index (χ0) is 10.4. The number of carbonyl (C=O) groups is 1. The summed E-state index contributed by atoms with van der Waals surface area (Å²) < 4.78 is 4.94. The van der Waals surface area contributed by atoms with Gasteiger partial charge in [-0.2, -0.15) is 0 Å². The van der Waals surface area contributed by atoms with Gasteiger partial charge >= 0.3 is 5.97 Å². The van der Waals surface area contributed by atoms with Crippen molar-refractivity contribution in [2.75, 3.05) is 7.11 Å². The third-order valence-corrected chi connectivity index (χ3v) is 1.43. The molecule has 1 rings (SSSR count). The monoisotopic (exact) mass is 191 g/mol. The minimum atomic E-state index is -0.944. The van der Waals surface area contributed by atoms with Crippen molar-refractivity contribution in [1.82, 2.24) is 4.98 Å². The molecule has 0 aliphatic heterocycles. The first kappa shape index (κ1) is 10.1. The van der Waals surface area contributed by atoms with Crippen molar-refractivity contribution in [1.29, 1.82) is 0 Å². The van der Waals surface area contributed by atoms with Crippen LogP contribution in [0, 0.1) is 11.8 Å². The van der Waals surface area contributed by atoms with E-state index >= 15 is 0 Å². The van der Waals surface area contributed by atoms with Crippen LogP contribution in [0.4, 0.5) is 0 Å². The predicted molar refractivity (Wildman–Crippen MR) is 49.9 cm³/mol. The largest absolute Gasteiger partial charge is 0.481 e. The Bertz CT molecular complexity index is 390. The Morgan fingerprint density at radius 2 is 2.50 bits per heavy atom. The highest BCUT2D eigenvalue weighted by molar-refractivity contribution is 5.70. The maximum atomic E-state index is 10.2. The molecule has 1 aromatic heterocycles. The average Bonchev–Trinajstić information content (AvgIpc) is 2.18. The Kier molecular flexibility index (Phi) is 3.50. The molecule has 0 aliphatic rings. The SMILES string of the molecule is COc1ncccc1C#CCC(=O)O. The topological polar surface area (TPSA) is 59.4 Å². The Morgan fingerprint density at radius 1 is 1.71 bits per heavy atom. The number of rotatable bonds is 2. The second kappa shape index (κ2) is 4.87. The standard InChI is InChI=1S/C10H9NO3/c1-14-10-8(5-3-7-11-10)4-2-6-9(12)13/h3,5,7H,6H2,1H3,(H,12,13). The molecule has 1 heterocycles. The highest BCUT2D eigenvalue weighted by atomic mass is 16.5. The maximum Gasteiger partial charge on any atom is 0.315 e. The summed E-state index contributed by atoms with van der Waals surface area (Å²) in [5.41, 5.74) is 0.594. The van der Waals surface area contributed by atoms with Gasteiger partial charge < -0.3 is 9.84 Å². The van der Waals surface area contributed by atoms with Gasteiger partial charge in [-0.05, 0) is 12.1 Å². The van der Waals surface area contributed by atoms with E-state index in [4.69, 9.17) is 9.84 Å². The summed E-state index contributed by atoms with van der Waals surface area (Å²) in [5.74, 6) is 4.65. The van der Waals surface area contributed by atoms with Crippen LogP contribution in [0.1, 0.15) is 12.0 Å². The van der Waals surface area contributed by atoms with E-state index in [9.17, 15) is 4.79 Å². The number of hydrogen-bond acceptors (Lipinski definition) is 3. The van der Waals surface area contributed by atoms with Crippen molar-refractivity contribution >= 4 is 5.97 Å². The molecule has 0 fully saturated rings. The van der Waals surface area contributed by atoms with Crippen molar-refractivity contribution in [2.45, 2.75) is 6.42 Å². The van der Waals surface area contributed by atoms with Gasteiger partial charge in [-0.15, -0.1) is 0 Å². The van der Waals surface area contributed by atoms with E-state index in [0.29, 0.717) is 11.4 Å². The molecule has 0 saturated carbocycles. The molecule has 4 nitrogen and oxygen atoms in total. The number of hydrogen-bond donors (Lipinski definition) is 1. The molecule has 0 aromatic carbocycles. The molecular formula is C10H9NO3. The van der Waals surface area contributed by atoms with Crippen LogP contribution in [-0.2, 0) is 4.79 Å². The van der Waals surface area contributed by atoms with Crippen LogP contribution in [0.25, 0.3) is 0 Å². The van der Waals surface area contributed by atoms with Crippen LogP contribution in [0.15, 0.2) is 18.3 Å². The second-order valence-electron chi connectivity index (χ2n) is 2.43. The molecule has 72 valence electrons. The van der Waals surface area contributed by atoms with E-state index < -0.39 is 5.97 Å². The zero-order valence-corrected chi connectivity index (χ0v) is 7.65. The molecule has 0 saturated heterocycles. The molecule has 0 atom stereocenters. The normalized spacial score (nSPS) is 8.64. The minimum absolute atomic E-state index is 0.182. The van der Waals surface area contributed by atoms with Gasteiger partial charge in [-0.1, -0.05) is 11.8 Å². The van der Waals surface area contributed by atoms with Gasteiger partial charge in [-0.3, -0.25) is 4.79 Å². The molecule has 0 unspecified atom stereocenters. The van der Waals surface area contributed by atoms with Crippen molar-refractivity contribution in [3.63, 3.8) is 0 Å². The first-order valence-electron chi connectivity index (χ1n) is 3.93. The number of carboxylic acids is 1. The summed E-state index contributed by atoms with van der Waals surface area (Å²) in [6.45, 7) is 0. The predicted octanol–water partition coefficient (Wildman–Crippen LogP) is 0.916. The van der Waals surface area contributed by atoms with E-state index in [2.05, 4.69) is 16.8 Å². The lowest BCUT2D eigenvalue weighted by Crippen LogP contribution is -1.92. The number of pyridine rings is 1. The molecule has 4 heteroatoms. The average molecular weight is 191 g/mol. The summed E-state index contributed by atoms with van der Waals surface area (Å²) in [5, 5.41) is 8.37. The number of aliphatic carboxylic acids is 1. The fraction of sp³-hybridized carbons (Fsp3) is 0.200. The van der Waals surface area contributed by atoms with Gasteiger partial charge in [0.2, 0.25) is 5.88 Å². The molecule has 1 aromatic rings. The number of methoxy groups -OCH3 is 1. The van der Waals surface area contributed by atoms with Gasteiger partial charge in [0.1, 0.15) is 6.42 Å². The third kappa shape index (κ3) is 2.79. The van der Waals surface area contributed by atoms with Gasteiger partial charge in [0.15, 0.2) is 0 Å². The lowest BCUT2D eigenvalue weighted by atomic mass is 10.2. The number of nitrogens with zero attached hydrogens (tertiary/aromatic N) is 1. The smallest absolute Gasteiger partial charge is 0.315 e. The van der Waals surface area contributed by atoms with Crippen LogP contribution in [-0.4, -0.2) is 23.2 Å². The van der Waals surface area contributed by atoms with Gasteiger partial charge in [0, 0.05) is 6.20 Å². The Hall–Kier alpha value is -2.02. The molecular weight excluding hydrogens is 182 g/mol.